The SMILES string of the molecule is C=C(F)c1ccc(C(F)(F)F)c(F)c1. The molecule has 0 spiro atoms. The summed E-state index contributed by atoms with van der Waals surface area (Å²) in [7, 11) is 0. The van der Waals surface area contributed by atoms with E-state index in [-0.39, 0.29) is 5.56 Å². The Hall–Kier alpha value is -1.39. The molecule has 1 rings (SSSR count). The Bertz CT molecular complexity index is 364. The molecule has 0 aliphatic carbocycles. The van der Waals surface area contributed by atoms with Gasteiger partial charge in [0, 0.05) is 5.56 Å². The first-order valence-corrected chi connectivity index (χ1v) is 3.54. The molecule has 0 radical (unpaired) electrons. The van der Waals surface area contributed by atoms with Gasteiger partial charge >= 0.3 is 6.18 Å². The van der Waals surface area contributed by atoms with Gasteiger partial charge in [0.2, 0.25) is 0 Å². The van der Waals surface area contributed by atoms with Crippen LogP contribution < -0.4 is 0 Å². The molecule has 0 aliphatic rings. The van der Waals surface area contributed by atoms with Crippen LogP contribution in [0.15, 0.2) is 24.8 Å². The van der Waals surface area contributed by atoms with Crippen molar-refractivity contribution < 1.29 is 22.0 Å². The highest BCUT2D eigenvalue weighted by Gasteiger charge is 2.33. The van der Waals surface area contributed by atoms with Crippen molar-refractivity contribution >= 4 is 5.83 Å². The van der Waals surface area contributed by atoms with Crippen molar-refractivity contribution in [3.8, 4) is 0 Å². The monoisotopic (exact) mass is 208 g/mol. The quantitative estimate of drug-likeness (QED) is 0.616. The molecule has 0 fully saturated rings. The summed E-state index contributed by atoms with van der Waals surface area (Å²) in [5.74, 6) is -2.48. The van der Waals surface area contributed by atoms with E-state index in [1.54, 1.807) is 0 Å². The van der Waals surface area contributed by atoms with Gasteiger partial charge in [0.25, 0.3) is 0 Å². The van der Waals surface area contributed by atoms with Crippen LogP contribution in [-0.4, -0.2) is 0 Å². The van der Waals surface area contributed by atoms with Crippen LogP contribution in [0.3, 0.4) is 0 Å². The summed E-state index contributed by atoms with van der Waals surface area (Å²) in [6, 6.07) is 1.77. The van der Waals surface area contributed by atoms with Gasteiger partial charge in [-0.2, -0.15) is 13.2 Å². The zero-order chi connectivity index (χ0) is 10.9. The largest absolute Gasteiger partial charge is 0.419 e. The molecule has 14 heavy (non-hydrogen) atoms. The zero-order valence-corrected chi connectivity index (χ0v) is 6.83. The van der Waals surface area contributed by atoms with Crippen LogP contribution in [0.1, 0.15) is 11.1 Å². The molecule has 0 saturated heterocycles. The molecule has 0 bridgehead atoms. The van der Waals surface area contributed by atoms with E-state index < -0.39 is 23.4 Å². The molecular formula is C9H5F5. The Morgan fingerprint density at radius 3 is 2.14 bits per heavy atom. The van der Waals surface area contributed by atoms with Crippen LogP contribution in [0.5, 0.6) is 0 Å². The van der Waals surface area contributed by atoms with E-state index in [9.17, 15) is 22.0 Å². The molecule has 1 aromatic rings. The van der Waals surface area contributed by atoms with Gasteiger partial charge in [-0.25, -0.2) is 8.78 Å². The van der Waals surface area contributed by atoms with Crippen LogP contribution in [-0.2, 0) is 6.18 Å². The standard InChI is InChI=1S/C9H5F5/c1-5(10)6-2-3-7(8(11)4-6)9(12,13)14/h2-4H,1H2. The predicted octanol–water partition coefficient (Wildman–Crippen LogP) is 3.78. The highest BCUT2D eigenvalue weighted by molar-refractivity contribution is 5.57. The van der Waals surface area contributed by atoms with E-state index in [0.717, 1.165) is 6.07 Å². The number of halogens is 5. The Morgan fingerprint density at radius 1 is 1.21 bits per heavy atom. The summed E-state index contributed by atoms with van der Waals surface area (Å²) < 4.78 is 61.3. The Morgan fingerprint density at radius 2 is 1.79 bits per heavy atom. The molecule has 0 nitrogen and oxygen atoms in total. The molecule has 0 unspecified atom stereocenters. The van der Waals surface area contributed by atoms with Gasteiger partial charge in [0.1, 0.15) is 11.6 Å². The van der Waals surface area contributed by atoms with Gasteiger partial charge in [-0.05, 0) is 12.1 Å². The average Bonchev–Trinajstić information content (AvgIpc) is 2.01. The third-order valence-electron chi connectivity index (χ3n) is 1.59. The third kappa shape index (κ3) is 2.10. The second kappa shape index (κ2) is 3.40. The molecule has 1 aromatic carbocycles. The lowest BCUT2D eigenvalue weighted by atomic mass is 10.1. The molecule has 0 N–H and O–H groups in total. The molecule has 0 heterocycles. The van der Waals surface area contributed by atoms with Crippen molar-refractivity contribution in [1.29, 1.82) is 0 Å². The second-order valence-corrected chi connectivity index (χ2v) is 2.60. The first kappa shape index (κ1) is 10.7. The van der Waals surface area contributed by atoms with Crippen LogP contribution in [0.25, 0.3) is 5.83 Å². The highest BCUT2D eigenvalue weighted by atomic mass is 19.4. The minimum absolute atomic E-state index is 0.296. The fourth-order valence-corrected chi connectivity index (χ4v) is 0.914. The number of hydrogen-bond acceptors (Lipinski definition) is 0. The highest BCUT2D eigenvalue weighted by Crippen LogP contribution is 2.32. The predicted molar refractivity (Wildman–Crippen MR) is 41.5 cm³/mol. The van der Waals surface area contributed by atoms with Crippen molar-refractivity contribution in [2.24, 2.45) is 0 Å². The summed E-state index contributed by atoms with van der Waals surface area (Å²) >= 11 is 0. The fourth-order valence-electron chi connectivity index (χ4n) is 0.914. The van der Waals surface area contributed by atoms with Gasteiger partial charge in [-0.1, -0.05) is 12.6 Å². The molecule has 0 atom stereocenters. The molecule has 76 valence electrons. The first-order chi connectivity index (χ1) is 6.32. The molecule has 0 saturated carbocycles. The lowest BCUT2D eigenvalue weighted by molar-refractivity contribution is -0.140. The molecule has 0 aromatic heterocycles. The first-order valence-electron chi connectivity index (χ1n) is 3.54. The van der Waals surface area contributed by atoms with Crippen molar-refractivity contribution in [3.05, 3.63) is 41.7 Å². The van der Waals surface area contributed by atoms with Crippen LogP contribution >= 0.6 is 0 Å². The number of benzene rings is 1. The maximum absolute atomic E-state index is 12.8. The Labute approximate surface area is 76.7 Å². The maximum Gasteiger partial charge on any atom is 0.419 e. The topological polar surface area (TPSA) is 0 Å². The average molecular weight is 208 g/mol. The summed E-state index contributed by atoms with van der Waals surface area (Å²) in [6.07, 6.45) is -4.76. The van der Waals surface area contributed by atoms with Crippen LogP contribution in [0.4, 0.5) is 22.0 Å². The summed E-state index contributed by atoms with van der Waals surface area (Å²) in [5, 5.41) is 0. The second-order valence-electron chi connectivity index (χ2n) is 2.60. The van der Waals surface area contributed by atoms with Gasteiger partial charge in [0.15, 0.2) is 0 Å². The van der Waals surface area contributed by atoms with E-state index >= 15 is 0 Å². The van der Waals surface area contributed by atoms with Crippen molar-refractivity contribution in [1.82, 2.24) is 0 Å². The summed E-state index contributed by atoms with van der Waals surface area (Å²) in [6.45, 7) is 2.84. The van der Waals surface area contributed by atoms with E-state index in [1.165, 1.54) is 0 Å². The minimum atomic E-state index is -4.76. The Kier molecular flexibility index (Phi) is 2.59. The lowest BCUT2D eigenvalue weighted by Crippen LogP contribution is -2.08. The van der Waals surface area contributed by atoms with Crippen LogP contribution in [0.2, 0.25) is 0 Å². The molecule has 0 aliphatic heterocycles. The third-order valence-corrected chi connectivity index (χ3v) is 1.59. The smallest absolute Gasteiger partial charge is 0.207 e. The summed E-state index contributed by atoms with van der Waals surface area (Å²) in [4.78, 5) is 0. The maximum atomic E-state index is 12.8. The normalized spacial score (nSPS) is 11.5. The van der Waals surface area contributed by atoms with Gasteiger partial charge in [-0.3, -0.25) is 0 Å². The number of rotatable bonds is 1. The zero-order valence-electron chi connectivity index (χ0n) is 6.83. The van der Waals surface area contributed by atoms with E-state index in [2.05, 4.69) is 6.58 Å². The minimum Gasteiger partial charge on any atom is -0.207 e. The summed E-state index contributed by atoms with van der Waals surface area (Å²) in [5.41, 5.74) is -1.71. The fraction of sp³-hybridized carbons (Fsp3) is 0.111. The van der Waals surface area contributed by atoms with Crippen molar-refractivity contribution in [3.63, 3.8) is 0 Å². The van der Waals surface area contributed by atoms with E-state index in [1.807, 2.05) is 0 Å². The van der Waals surface area contributed by atoms with Crippen molar-refractivity contribution in [2.45, 2.75) is 6.18 Å². The lowest BCUT2D eigenvalue weighted by Gasteiger charge is -2.08. The van der Waals surface area contributed by atoms with Crippen molar-refractivity contribution in [2.75, 3.05) is 0 Å². The van der Waals surface area contributed by atoms with E-state index in [4.69, 9.17) is 0 Å². The molecule has 0 amide bonds. The molecular weight excluding hydrogens is 203 g/mol. The number of hydrogen-bond donors (Lipinski definition) is 0. The molecule has 5 heteroatoms. The van der Waals surface area contributed by atoms with Crippen LogP contribution in [0, 0.1) is 5.82 Å². The van der Waals surface area contributed by atoms with Gasteiger partial charge in [0.05, 0.1) is 5.56 Å². The van der Waals surface area contributed by atoms with E-state index in [0.29, 0.717) is 12.1 Å². The van der Waals surface area contributed by atoms with Gasteiger partial charge < -0.3 is 0 Å². The van der Waals surface area contributed by atoms with Gasteiger partial charge in [-0.15, -0.1) is 0 Å². The Balaban J connectivity index is 3.21. The number of alkyl halides is 3.